The fourth-order valence-electron chi connectivity index (χ4n) is 1.71. The van der Waals surface area contributed by atoms with Crippen LogP contribution >= 0.6 is 11.6 Å². The van der Waals surface area contributed by atoms with Crippen molar-refractivity contribution >= 4 is 17.4 Å². The fraction of sp³-hybridized carbons (Fsp3) is 0.250. The maximum Gasteiger partial charge on any atom is 0.194 e. The third-order valence-electron chi connectivity index (χ3n) is 2.87. The third-order valence-corrected chi connectivity index (χ3v) is 3.10. The zero-order chi connectivity index (χ0) is 14.4. The molecular formula is C16H16ClNO2. The Morgan fingerprint density at radius 1 is 1.15 bits per heavy atom. The number of halogens is 1. The summed E-state index contributed by atoms with van der Waals surface area (Å²) in [5, 5.41) is 0.376. The molecule has 0 unspecified atom stereocenters. The first-order chi connectivity index (χ1) is 9.70. The SMILES string of the molecule is CCCCOc1ccc(C(=O)c2ccc(Cl)nc2)cc1. The van der Waals surface area contributed by atoms with Crippen LogP contribution in [-0.4, -0.2) is 17.4 Å². The van der Waals surface area contributed by atoms with Gasteiger partial charge in [-0.15, -0.1) is 0 Å². The molecule has 20 heavy (non-hydrogen) atoms. The molecule has 1 aromatic heterocycles. The highest BCUT2D eigenvalue weighted by Gasteiger charge is 2.09. The number of ether oxygens (including phenoxy) is 1. The quantitative estimate of drug-likeness (QED) is 0.456. The van der Waals surface area contributed by atoms with Crippen LogP contribution in [-0.2, 0) is 0 Å². The number of nitrogens with zero attached hydrogens (tertiary/aromatic N) is 1. The van der Waals surface area contributed by atoms with Gasteiger partial charge >= 0.3 is 0 Å². The highest BCUT2D eigenvalue weighted by Crippen LogP contribution is 2.16. The molecule has 2 rings (SSSR count). The first-order valence-electron chi connectivity index (χ1n) is 6.60. The number of aromatic nitrogens is 1. The molecule has 2 aromatic rings. The van der Waals surface area contributed by atoms with Crippen LogP contribution in [0.4, 0.5) is 0 Å². The van der Waals surface area contributed by atoms with Gasteiger partial charge in [0.05, 0.1) is 6.61 Å². The lowest BCUT2D eigenvalue weighted by Crippen LogP contribution is -2.02. The molecule has 1 heterocycles. The number of hydrogen-bond donors (Lipinski definition) is 0. The molecule has 0 radical (unpaired) electrons. The lowest BCUT2D eigenvalue weighted by atomic mass is 10.1. The number of benzene rings is 1. The number of hydrogen-bond acceptors (Lipinski definition) is 3. The van der Waals surface area contributed by atoms with E-state index >= 15 is 0 Å². The van der Waals surface area contributed by atoms with Crippen molar-refractivity contribution in [1.29, 1.82) is 0 Å². The molecule has 104 valence electrons. The minimum Gasteiger partial charge on any atom is -0.494 e. The van der Waals surface area contributed by atoms with Gasteiger partial charge in [-0.25, -0.2) is 4.98 Å². The van der Waals surface area contributed by atoms with Gasteiger partial charge in [0.1, 0.15) is 10.9 Å². The standard InChI is InChI=1S/C16H16ClNO2/c1-2-3-10-20-14-7-4-12(5-8-14)16(19)13-6-9-15(17)18-11-13/h4-9,11H,2-3,10H2,1H3. The highest BCUT2D eigenvalue weighted by molar-refractivity contribution is 6.29. The second-order valence-electron chi connectivity index (χ2n) is 4.43. The summed E-state index contributed by atoms with van der Waals surface area (Å²) in [6, 6.07) is 10.4. The van der Waals surface area contributed by atoms with E-state index in [2.05, 4.69) is 11.9 Å². The van der Waals surface area contributed by atoms with Gasteiger partial charge in [0.25, 0.3) is 0 Å². The third kappa shape index (κ3) is 3.81. The molecule has 1 aromatic carbocycles. The largest absolute Gasteiger partial charge is 0.494 e. The van der Waals surface area contributed by atoms with E-state index in [-0.39, 0.29) is 5.78 Å². The molecule has 0 saturated heterocycles. The first-order valence-corrected chi connectivity index (χ1v) is 6.97. The number of carbonyl (C=O) groups excluding carboxylic acids is 1. The van der Waals surface area contributed by atoms with Crippen molar-refractivity contribution < 1.29 is 9.53 Å². The number of rotatable bonds is 6. The van der Waals surface area contributed by atoms with Crippen molar-refractivity contribution in [2.45, 2.75) is 19.8 Å². The average Bonchev–Trinajstić information content (AvgIpc) is 2.48. The molecule has 0 atom stereocenters. The van der Waals surface area contributed by atoms with Crippen LogP contribution in [0.3, 0.4) is 0 Å². The summed E-state index contributed by atoms with van der Waals surface area (Å²) in [5.74, 6) is 0.707. The van der Waals surface area contributed by atoms with Crippen molar-refractivity contribution in [3.8, 4) is 5.75 Å². The molecule has 0 aliphatic carbocycles. The zero-order valence-corrected chi connectivity index (χ0v) is 12.1. The van der Waals surface area contributed by atoms with E-state index in [1.807, 2.05) is 12.1 Å². The van der Waals surface area contributed by atoms with Gasteiger partial charge < -0.3 is 4.74 Å². The summed E-state index contributed by atoms with van der Waals surface area (Å²) in [6.07, 6.45) is 3.60. The predicted octanol–water partition coefficient (Wildman–Crippen LogP) is 4.14. The molecule has 0 bridgehead atoms. The van der Waals surface area contributed by atoms with Crippen molar-refractivity contribution in [1.82, 2.24) is 4.98 Å². The Labute approximate surface area is 123 Å². The van der Waals surface area contributed by atoms with E-state index in [1.54, 1.807) is 24.3 Å². The Morgan fingerprint density at radius 2 is 1.85 bits per heavy atom. The summed E-state index contributed by atoms with van der Waals surface area (Å²) in [7, 11) is 0. The van der Waals surface area contributed by atoms with Gasteiger partial charge in [-0.05, 0) is 42.8 Å². The van der Waals surface area contributed by atoms with Crippen molar-refractivity contribution in [2.24, 2.45) is 0 Å². The second-order valence-corrected chi connectivity index (χ2v) is 4.81. The summed E-state index contributed by atoms with van der Waals surface area (Å²) in [5.41, 5.74) is 1.13. The minimum absolute atomic E-state index is 0.0747. The lowest BCUT2D eigenvalue weighted by Gasteiger charge is -2.06. The van der Waals surface area contributed by atoms with Crippen LogP contribution in [0.1, 0.15) is 35.7 Å². The zero-order valence-electron chi connectivity index (χ0n) is 11.3. The van der Waals surface area contributed by atoms with Gasteiger partial charge in [0, 0.05) is 17.3 Å². The Kier molecular flexibility index (Phi) is 5.13. The number of pyridine rings is 1. The summed E-state index contributed by atoms with van der Waals surface area (Å²) in [4.78, 5) is 16.1. The molecule has 0 amide bonds. The molecule has 3 nitrogen and oxygen atoms in total. The van der Waals surface area contributed by atoms with Crippen LogP contribution in [0.2, 0.25) is 5.15 Å². The number of ketones is 1. The molecule has 0 spiro atoms. The fourth-order valence-corrected chi connectivity index (χ4v) is 1.83. The van der Waals surface area contributed by atoms with E-state index in [9.17, 15) is 4.79 Å². The normalized spacial score (nSPS) is 10.3. The van der Waals surface area contributed by atoms with E-state index in [0.29, 0.717) is 22.9 Å². The molecule has 0 saturated carbocycles. The molecule has 0 fully saturated rings. The lowest BCUT2D eigenvalue weighted by molar-refractivity contribution is 0.103. The Balaban J connectivity index is 2.05. The molecule has 0 aliphatic heterocycles. The molecular weight excluding hydrogens is 274 g/mol. The molecule has 0 aliphatic rings. The summed E-state index contributed by atoms with van der Waals surface area (Å²) in [6.45, 7) is 2.82. The predicted molar refractivity (Wildman–Crippen MR) is 79.5 cm³/mol. The summed E-state index contributed by atoms with van der Waals surface area (Å²) >= 11 is 5.70. The second kappa shape index (κ2) is 7.06. The van der Waals surface area contributed by atoms with Crippen molar-refractivity contribution in [2.75, 3.05) is 6.61 Å². The van der Waals surface area contributed by atoms with Crippen LogP contribution in [0, 0.1) is 0 Å². The highest BCUT2D eigenvalue weighted by atomic mass is 35.5. The van der Waals surface area contributed by atoms with Crippen LogP contribution < -0.4 is 4.74 Å². The maximum absolute atomic E-state index is 12.2. The van der Waals surface area contributed by atoms with E-state index in [1.165, 1.54) is 6.20 Å². The topological polar surface area (TPSA) is 39.2 Å². The van der Waals surface area contributed by atoms with Crippen LogP contribution in [0.5, 0.6) is 5.75 Å². The average molecular weight is 290 g/mol. The maximum atomic E-state index is 12.2. The van der Waals surface area contributed by atoms with Gasteiger partial charge in [0.15, 0.2) is 5.78 Å². The van der Waals surface area contributed by atoms with Gasteiger partial charge in [0.2, 0.25) is 0 Å². The smallest absolute Gasteiger partial charge is 0.194 e. The van der Waals surface area contributed by atoms with Crippen molar-refractivity contribution in [3.05, 3.63) is 58.9 Å². The number of carbonyl (C=O) groups is 1. The Morgan fingerprint density at radius 3 is 2.45 bits per heavy atom. The van der Waals surface area contributed by atoms with Gasteiger partial charge in [-0.2, -0.15) is 0 Å². The van der Waals surface area contributed by atoms with Crippen molar-refractivity contribution in [3.63, 3.8) is 0 Å². The molecule has 0 N–H and O–H groups in total. The Hall–Kier alpha value is -1.87. The summed E-state index contributed by atoms with van der Waals surface area (Å²) < 4.78 is 5.56. The van der Waals surface area contributed by atoms with Gasteiger partial charge in [-0.3, -0.25) is 4.79 Å². The van der Waals surface area contributed by atoms with E-state index in [4.69, 9.17) is 16.3 Å². The Bertz CT molecular complexity index is 564. The minimum atomic E-state index is -0.0747. The molecule has 4 heteroatoms. The van der Waals surface area contributed by atoms with Crippen LogP contribution in [0.25, 0.3) is 0 Å². The van der Waals surface area contributed by atoms with E-state index in [0.717, 1.165) is 18.6 Å². The monoisotopic (exact) mass is 289 g/mol. The van der Waals surface area contributed by atoms with Crippen LogP contribution in [0.15, 0.2) is 42.6 Å². The number of unbranched alkanes of at least 4 members (excludes halogenated alkanes) is 1. The first kappa shape index (κ1) is 14.5. The van der Waals surface area contributed by atoms with E-state index < -0.39 is 0 Å². The van der Waals surface area contributed by atoms with Gasteiger partial charge in [-0.1, -0.05) is 24.9 Å².